The molecule has 2 heterocycles. The lowest BCUT2D eigenvalue weighted by Crippen LogP contribution is -2.33. The average Bonchev–Trinajstić information content (AvgIpc) is 3.22. The molecule has 2 N–H and O–H groups in total. The molecule has 0 radical (unpaired) electrons. The minimum atomic E-state index is 0.156. The van der Waals surface area contributed by atoms with Gasteiger partial charge in [-0.1, -0.05) is 26.2 Å². The minimum absolute atomic E-state index is 0.156. The third-order valence-electron chi connectivity index (χ3n) is 6.09. The predicted molar refractivity (Wildman–Crippen MR) is 134 cm³/mol. The zero-order chi connectivity index (χ0) is 23.6. The first-order chi connectivity index (χ1) is 16.1. The van der Waals surface area contributed by atoms with Crippen LogP contribution in [-0.4, -0.2) is 52.3 Å². The van der Waals surface area contributed by atoms with Gasteiger partial charge in [-0.05, 0) is 56.6 Å². The van der Waals surface area contributed by atoms with Gasteiger partial charge < -0.3 is 19.9 Å². The number of amides is 1. The Morgan fingerprint density at radius 3 is 2.64 bits per heavy atom. The number of carbonyl (C=O) groups excluding carboxylic acids is 1. The van der Waals surface area contributed by atoms with Crippen LogP contribution in [-0.2, 0) is 11.3 Å². The van der Waals surface area contributed by atoms with E-state index in [9.17, 15) is 4.79 Å². The Bertz CT molecular complexity index is 1010. The summed E-state index contributed by atoms with van der Waals surface area (Å²) in [6, 6.07) is 10.2. The van der Waals surface area contributed by atoms with Crippen LogP contribution in [0.15, 0.2) is 42.7 Å². The highest BCUT2D eigenvalue weighted by molar-refractivity contribution is 5.96. The van der Waals surface area contributed by atoms with Crippen molar-refractivity contribution in [3.63, 3.8) is 0 Å². The second-order valence-electron chi connectivity index (χ2n) is 8.40. The van der Waals surface area contributed by atoms with Gasteiger partial charge in [0.1, 0.15) is 5.82 Å². The number of imidazole rings is 1. The maximum Gasteiger partial charge on any atom is 0.229 e. The maximum absolute atomic E-state index is 13.0. The Balaban J connectivity index is 0.000000968. The predicted octanol–water partition coefficient (Wildman–Crippen LogP) is 4.25. The standard InChI is InChI=1S/C24H31N5O.C2H6O/c1-3-25-14-15-29-22-12-11-20(28(2)24(30)18-8-5-4-6-9-18)16-21(22)27-23(29)19-10-7-13-26-17-19;1-2-3/h7,10-13,16-18,25H,3-6,8-9,14-15H2,1-2H3;3H,2H2,1H3. The Hall–Kier alpha value is -2.77. The van der Waals surface area contributed by atoms with Crippen molar-refractivity contribution in [2.75, 3.05) is 31.6 Å². The first-order valence-electron chi connectivity index (χ1n) is 12.1. The lowest BCUT2D eigenvalue weighted by Gasteiger charge is -2.26. The molecule has 1 aliphatic rings. The van der Waals surface area contributed by atoms with E-state index in [0.717, 1.165) is 73.4 Å². The topological polar surface area (TPSA) is 83.3 Å². The zero-order valence-electron chi connectivity index (χ0n) is 20.1. The van der Waals surface area contributed by atoms with Crippen LogP contribution in [0.2, 0.25) is 0 Å². The summed E-state index contributed by atoms with van der Waals surface area (Å²) in [5.74, 6) is 1.30. The van der Waals surface area contributed by atoms with Crippen LogP contribution >= 0.6 is 0 Å². The molecule has 0 spiro atoms. The number of pyridine rings is 1. The van der Waals surface area contributed by atoms with Crippen molar-refractivity contribution in [1.29, 1.82) is 0 Å². The molecule has 1 aliphatic carbocycles. The number of aliphatic hydroxyl groups excluding tert-OH is 1. The number of benzene rings is 1. The summed E-state index contributed by atoms with van der Waals surface area (Å²) < 4.78 is 2.24. The van der Waals surface area contributed by atoms with Crippen molar-refractivity contribution >= 4 is 22.6 Å². The smallest absolute Gasteiger partial charge is 0.229 e. The largest absolute Gasteiger partial charge is 0.397 e. The summed E-state index contributed by atoms with van der Waals surface area (Å²) in [5.41, 5.74) is 3.89. The summed E-state index contributed by atoms with van der Waals surface area (Å²) in [6.07, 6.45) is 9.22. The Kier molecular flexibility index (Phi) is 9.39. The van der Waals surface area contributed by atoms with Crippen molar-refractivity contribution in [1.82, 2.24) is 19.9 Å². The average molecular weight is 452 g/mol. The molecule has 0 bridgehead atoms. The molecule has 33 heavy (non-hydrogen) atoms. The van der Waals surface area contributed by atoms with Crippen LogP contribution in [0, 0.1) is 5.92 Å². The molecule has 3 aromatic rings. The number of rotatable bonds is 7. The number of carbonyl (C=O) groups is 1. The van der Waals surface area contributed by atoms with Crippen LogP contribution < -0.4 is 10.2 Å². The normalized spacial score (nSPS) is 14.1. The zero-order valence-corrected chi connectivity index (χ0v) is 20.1. The molecule has 4 rings (SSSR count). The van der Waals surface area contributed by atoms with Crippen molar-refractivity contribution in [3.8, 4) is 11.4 Å². The number of aromatic nitrogens is 3. The number of nitrogens with zero attached hydrogens (tertiary/aromatic N) is 4. The molecule has 1 saturated carbocycles. The molecule has 0 saturated heterocycles. The third kappa shape index (κ3) is 6.18. The van der Waals surface area contributed by atoms with Gasteiger partial charge in [-0.2, -0.15) is 0 Å². The summed E-state index contributed by atoms with van der Waals surface area (Å²) >= 11 is 0. The van der Waals surface area contributed by atoms with Gasteiger partial charge in [0.15, 0.2) is 0 Å². The van der Waals surface area contributed by atoms with Gasteiger partial charge in [0, 0.05) is 56.3 Å². The van der Waals surface area contributed by atoms with Crippen LogP contribution in [0.3, 0.4) is 0 Å². The summed E-state index contributed by atoms with van der Waals surface area (Å²) in [7, 11) is 1.89. The van der Waals surface area contributed by atoms with Crippen LogP contribution in [0.1, 0.15) is 46.0 Å². The number of hydrogen-bond acceptors (Lipinski definition) is 5. The lowest BCUT2D eigenvalue weighted by atomic mass is 9.88. The Morgan fingerprint density at radius 1 is 1.21 bits per heavy atom. The van der Waals surface area contributed by atoms with Crippen molar-refractivity contribution in [2.24, 2.45) is 5.92 Å². The number of anilines is 1. The van der Waals surface area contributed by atoms with Crippen LogP contribution in [0.4, 0.5) is 5.69 Å². The third-order valence-corrected chi connectivity index (χ3v) is 6.09. The summed E-state index contributed by atoms with van der Waals surface area (Å²) in [4.78, 5) is 24.0. The quantitative estimate of drug-likeness (QED) is 0.525. The summed E-state index contributed by atoms with van der Waals surface area (Å²) in [5, 5.41) is 11.0. The number of likely N-dealkylation sites (N-methyl/N-ethyl adjacent to an activating group) is 1. The molecule has 0 unspecified atom stereocenters. The summed E-state index contributed by atoms with van der Waals surface area (Å²) in [6.45, 7) is 6.67. The van der Waals surface area contributed by atoms with E-state index in [1.165, 1.54) is 6.42 Å². The second kappa shape index (κ2) is 12.5. The molecule has 7 nitrogen and oxygen atoms in total. The second-order valence-corrected chi connectivity index (χ2v) is 8.40. The maximum atomic E-state index is 13.0. The van der Waals surface area contributed by atoms with Crippen molar-refractivity contribution in [2.45, 2.75) is 52.5 Å². The van der Waals surface area contributed by atoms with Crippen molar-refractivity contribution in [3.05, 3.63) is 42.7 Å². The highest BCUT2D eigenvalue weighted by atomic mass is 16.2. The molecule has 0 aliphatic heterocycles. The number of aliphatic hydroxyl groups is 1. The minimum Gasteiger partial charge on any atom is -0.397 e. The van der Waals surface area contributed by atoms with Gasteiger partial charge in [0.25, 0.3) is 0 Å². The van der Waals surface area contributed by atoms with E-state index in [-0.39, 0.29) is 18.4 Å². The fourth-order valence-corrected chi connectivity index (χ4v) is 4.39. The van der Waals surface area contributed by atoms with E-state index < -0.39 is 0 Å². The number of fused-ring (bicyclic) bond motifs is 1. The van der Waals surface area contributed by atoms with E-state index in [0.29, 0.717) is 0 Å². The van der Waals surface area contributed by atoms with Gasteiger partial charge >= 0.3 is 0 Å². The lowest BCUT2D eigenvalue weighted by molar-refractivity contribution is -0.123. The van der Waals surface area contributed by atoms with E-state index >= 15 is 0 Å². The number of hydrogen-bond donors (Lipinski definition) is 2. The Morgan fingerprint density at radius 2 is 1.97 bits per heavy atom. The monoisotopic (exact) mass is 451 g/mol. The van der Waals surface area contributed by atoms with E-state index in [2.05, 4.69) is 27.9 Å². The first kappa shape index (κ1) is 24.9. The molecule has 2 aromatic heterocycles. The van der Waals surface area contributed by atoms with Gasteiger partial charge in [0.2, 0.25) is 5.91 Å². The van der Waals surface area contributed by atoms with Gasteiger partial charge in [0.05, 0.1) is 11.0 Å². The molecular weight excluding hydrogens is 414 g/mol. The fourth-order valence-electron chi connectivity index (χ4n) is 4.39. The van der Waals surface area contributed by atoms with Gasteiger partial charge in [-0.3, -0.25) is 9.78 Å². The first-order valence-corrected chi connectivity index (χ1v) is 12.1. The van der Waals surface area contributed by atoms with Gasteiger partial charge in [-0.15, -0.1) is 0 Å². The molecule has 7 heteroatoms. The molecular formula is C26H37N5O2. The molecule has 1 fully saturated rings. The molecule has 0 atom stereocenters. The van der Waals surface area contributed by atoms with Crippen LogP contribution in [0.5, 0.6) is 0 Å². The molecule has 1 amide bonds. The van der Waals surface area contributed by atoms with E-state index in [1.807, 2.05) is 42.4 Å². The van der Waals surface area contributed by atoms with Crippen LogP contribution in [0.25, 0.3) is 22.4 Å². The van der Waals surface area contributed by atoms with E-state index in [4.69, 9.17) is 10.1 Å². The fraction of sp³-hybridized carbons (Fsp3) is 0.500. The van der Waals surface area contributed by atoms with Gasteiger partial charge in [-0.25, -0.2) is 4.98 Å². The molecule has 1 aromatic carbocycles. The van der Waals surface area contributed by atoms with E-state index in [1.54, 1.807) is 13.1 Å². The highest BCUT2D eigenvalue weighted by Crippen LogP contribution is 2.30. The number of nitrogens with one attached hydrogen (secondary N) is 1. The molecule has 178 valence electrons. The Labute approximate surface area is 196 Å². The highest BCUT2D eigenvalue weighted by Gasteiger charge is 2.25. The van der Waals surface area contributed by atoms with Crippen molar-refractivity contribution < 1.29 is 9.90 Å². The SMILES string of the molecule is CCNCCn1c(-c2cccnc2)nc2cc(N(C)C(=O)C3CCCCC3)ccc21.CCO.